The van der Waals surface area contributed by atoms with Crippen molar-refractivity contribution in [3.8, 4) is 0 Å². The molecule has 0 fully saturated rings. The molecule has 1 unspecified atom stereocenters. The Bertz CT molecular complexity index is 154. The lowest BCUT2D eigenvalue weighted by Gasteiger charge is -2.24. The van der Waals surface area contributed by atoms with Crippen molar-refractivity contribution >= 4 is 5.97 Å². The molecule has 3 nitrogen and oxygen atoms in total. The predicted molar refractivity (Wildman–Crippen MR) is 46.9 cm³/mol. The Morgan fingerprint density at radius 1 is 1.50 bits per heavy atom. The van der Waals surface area contributed by atoms with Crippen LogP contribution in [0, 0.1) is 5.92 Å². The number of carbonyl (C=O) groups is 1. The highest BCUT2D eigenvalue weighted by molar-refractivity contribution is 5.76. The Morgan fingerprint density at radius 2 is 2.00 bits per heavy atom. The molecule has 0 bridgehead atoms. The molecule has 0 rings (SSSR count). The van der Waals surface area contributed by atoms with Crippen molar-refractivity contribution in [2.75, 3.05) is 0 Å². The normalized spacial score (nSPS) is 16.1. The largest absolute Gasteiger partial charge is 0.479 e. The maximum Gasteiger partial charge on any atom is 0.335 e. The SMILES string of the molecule is CCCC(O)(CC(C)C)C(=O)O. The van der Waals surface area contributed by atoms with E-state index in [1.165, 1.54) is 0 Å². The summed E-state index contributed by atoms with van der Waals surface area (Å²) in [5, 5.41) is 18.4. The van der Waals surface area contributed by atoms with Gasteiger partial charge in [0.2, 0.25) is 0 Å². The number of hydrogen-bond acceptors (Lipinski definition) is 2. The van der Waals surface area contributed by atoms with Crippen molar-refractivity contribution in [2.45, 2.75) is 45.6 Å². The lowest BCUT2D eigenvalue weighted by atomic mass is 9.88. The lowest BCUT2D eigenvalue weighted by Crippen LogP contribution is -2.39. The molecule has 0 heterocycles. The Morgan fingerprint density at radius 3 is 2.25 bits per heavy atom. The second-order valence-corrected chi connectivity index (χ2v) is 3.68. The van der Waals surface area contributed by atoms with Gasteiger partial charge in [-0.1, -0.05) is 27.2 Å². The summed E-state index contributed by atoms with van der Waals surface area (Å²) in [6, 6.07) is 0. The van der Waals surface area contributed by atoms with Crippen LogP contribution in [0.25, 0.3) is 0 Å². The fourth-order valence-electron chi connectivity index (χ4n) is 1.39. The number of aliphatic hydroxyl groups is 1. The van der Waals surface area contributed by atoms with Gasteiger partial charge < -0.3 is 10.2 Å². The Labute approximate surface area is 73.4 Å². The number of carboxylic acid groups (broad SMARTS) is 1. The van der Waals surface area contributed by atoms with Gasteiger partial charge in [0.25, 0.3) is 0 Å². The van der Waals surface area contributed by atoms with E-state index in [1.54, 1.807) is 0 Å². The Balaban J connectivity index is 4.28. The summed E-state index contributed by atoms with van der Waals surface area (Å²) in [5.41, 5.74) is -1.51. The van der Waals surface area contributed by atoms with E-state index in [-0.39, 0.29) is 5.92 Å². The molecular weight excluding hydrogens is 156 g/mol. The van der Waals surface area contributed by atoms with Gasteiger partial charge in [0.05, 0.1) is 0 Å². The van der Waals surface area contributed by atoms with E-state index in [2.05, 4.69) is 0 Å². The zero-order valence-corrected chi connectivity index (χ0v) is 8.00. The van der Waals surface area contributed by atoms with E-state index in [4.69, 9.17) is 5.11 Å². The van der Waals surface area contributed by atoms with E-state index in [0.29, 0.717) is 19.3 Å². The third-order valence-corrected chi connectivity index (χ3v) is 1.81. The summed E-state index contributed by atoms with van der Waals surface area (Å²) in [7, 11) is 0. The number of hydrogen-bond donors (Lipinski definition) is 2. The monoisotopic (exact) mass is 174 g/mol. The minimum Gasteiger partial charge on any atom is -0.479 e. The minimum absolute atomic E-state index is 0.206. The second kappa shape index (κ2) is 4.45. The van der Waals surface area contributed by atoms with Gasteiger partial charge in [-0.25, -0.2) is 4.79 Å². The zero-order valence-electron chi connectivity index (χ0n) is 8.00. The average Bonchev–Trinajstić information content (AvgIpc) is 1.85. The first-order valence-electron chi connectivity index (χ1n) is 4.38. The van der Waals surface area contributed by atoms with Gasteiger partial charge in [0.1, 0.15) is 0 Å². The molecule has 0 aliphatic rings. The van der Waals surface area contributed by atoms with Gasteiger partial charge in [0, 0.05) is 0 Å². The predicted octanol–water partition coefficient (Wildman–Crippen LogP) is 1.65. The summed E-state index contributed by atoms with van der Waals surface area (Å²) in [6.07, 6.45) is 1.35. The fourth-order valence-corrected chi connectivity index (χ4v) is 1.39. The highest BCUT2D eigenvalue weighted by Crippen LogP contribution is 2.22. The van der Waals surface area contributed by atoms with Crippen LogP contribution in [0.4, 0.5) is 0 Å². The van der Waals surface area contributed by atoms with E-state index in [1.807, 2.05) is 20.8 Å². The molecule has 0 aliphatic carbocycles. The van der Waals surface area contributed by atoms with Gasteiger partial charge in [-0.2, -0.15) is 0 Å². The van der Waals surface area contributed by atoms with E-state index in [0.717, 1.165) is 0 Å². The minimum atomic E-state index is -1.51. The molecule has 0 aromatic rings. The highest BCUT2D eigenvalue weighted by Gasteiger charge is 2.35. The maximum atomic E-state index is 10.7. The molecule has 3 heteroatoms. The van der Waals surface area contributed by atoms with Gasteiger partial charge in [-0.3, -0.25) is 0 Å². The number of carboxylic acids is 1. The second-order valence-electron chi connectivity index (χ2n) is 3.68. The van der Waals surface area contributed by atoms with E-state index in [9.17, 15) is 9.90 Å². The van der Waals surface area contributed by atoms with Crippen molar-refractivity contribution in [2.24, 2.45) is 5.92 Å². The molecule has 0 saturated heterocycles. The van der Waals surface area contributed by atoms with Gasteiger partial charge in [0.15, 0.2) is 5.60 Å². The van der Waals surface area contributed by atoms with Crippen LogP contribution in [0.3, 0.4) is 0 Å². The third kappa shape index (κ3) is 3.22. The molecule has 0 aliphatic heterocycles. The average molecular weight is 174 g/mol. The molecule has 0 aromatic heterocycles. The number of aliphatic carboxylic acids is 1. The van der Waals surface area contributed by atoms with Crippen molar-refractivity contribution in [3.05, 3.63) is 0 Å². The third-order valence-electron chi connectivity index (χ3n) is 1.81. The first kappa shape index (κ1) is 11.4. The van der Waals surface area contributed by atoms with Crippen LogP contribution in [0.2, 0.25) is 0 Å². The van der Waals surface area contributed by atoms with Crippen LogP contribution in [0.15, 0.2) is 0 Å². The summed E-state index contributed by atoms with van der Waals surface area (Å²) < 4.78 is 0. The van der Waals surface area contributed by atoms with Crippen LogP contribution in [0.5, 0.6) is 0 Å². The summed E-state index contributed by atoms with van der Waals surface area (Å²) in [5.74, 6) is -0.893. The first-order chi connectivity index (χ1) is 5.42. The van der Waals surface area contributed by atoms with Crippen LogP contribution in [0.1, 0.15) is 40.0 Å². The quantitative estimate of drug-likeness (QED) is 0.666. The van der Waals surface area contributed by atoms with Crippen LogP contribution in [-0.2, 0) is 4.79 Å². The van der Waals surface area contributed by atoms with E-state index >= 15 is 0 Å². The number of rotatable bonds is 5. The molecule has 0 amide bonds. The standard InChI is InChI=1S/C9H18O3/c1-4-5-9(12,8(10)11)6-7(2)3/h7,12H,4-6H2,1-3H3,(H,10,11). The van der Waals surface area contributed by atoms with Gasteiger partial charge in [-0.15, -0.1) is 0 Å². The summed E-state index contributed by atoms with van der Waals surface area (Å²) >= 11 is 0. The maximum absolute atomic E-state index is 10.7. The van der Waals surface area contributed by atoms with Crippen molar-refractivity contribution in [3.63, 3.8) is 0 Å². The van der Waals surface area contributed by atoms with Crippen LogP contribution < -0.4 is 0 Å². The Kier molecular flexibility index (Phi) is 4.24. The molecular formula is C9H18O3. The molecule has 12 heavy (non-hydrogen) atoms. The molecule has 1 atom stereocenters. The molecule has 72 valence electrons. The zero-order chi connectivity index (χ0) is 9.78. The van der Waals surface area contributed by atoms with Crippen molar-refractivity contribution in [1.82, 2.24) is 0 Å². The molecule has 2 N–H and O–H groups in total. The van der Waals surface area contributed by atoms with Crippen molar-refractivity contribution in [1.29, 1.82) is 0 Å². The molecule has 0 radical (unpaired) electrons. The fraction of sp³-hybridized carbons (Fsp3) is 0.889. The van der Waals surface area contributed by atoms with Gasteiger partial charge in [-0.05, 0) is 18.8 Å². The molecule has 0 aromatic carbocycles. The summed E-state index contributed by atoms with van der Waals surface area (Å²) in [6.45, 7) is 5.68. The Hall–Kier alpha value is -0.570. The van der Waals surface area contributed by atoms with Crippen LogP contribution >= 0.6 is 0 Å². The first-order valence-corrected chi connectivity index (χ1v) is 4.38. The molecule has 0 saturated carbocycles. The summed E-state index contributed by atoms with van der Waals surface area (Å²) in [4.78, 5) is 10.7. The smallest absolute Gasteiger partial charge is 0.335 e. The lowest BCUT2D eigenvalue weighted by molar-refractivity contribution is -0.161. The van der Waals surface area contributed by atoms with Crippen LogP contribution in [-0.4, -0.2) is 21.8 Å². The molecule has 0 spiro atoms. The van der Waals surface area contributed by atoms with E-state index < -0.39 is 11.6 Å². The van der Waals surface area contributed by atoms with Crippen molar-refractivity contribution < 1.29 is 15.0 Å². The highest BCUT2D eigenvalue weighted by atomic mass is 16.4. The topological polar surface area (TPSA) is 57.5 Å². The van der Waals surface area contributed by atoms with Gasteiger partial charge >= 0.3 is 5.97 Å².